The lowest BCUT2D eigenvalue weighted by atomic mass is 10.2. The molecule has 0 unspecified atom stereocenters. The van der Waals surface area contributed by atoms with E-state index in [2.05, 4.69) is 0 Å². The molecule has 6 heteroatoms. The summed E-state index contributed by atoms with van der Waals surface area (Å²) in [5, 5.41) is 10.6. The minimum absolute atomic E-state index is 0.0659. The van der Waals surface area contributed by atoms with Gasteiger partial charge in [0.1, 0.15) is 19.0 Å². The molecule has 0 radical (unpaired) electrons. The number of esters is 1. The van der Waals surface area contributed by atoms with Gasteiger partial charge in [0.05, 0.1) is 10.5 Å². The summed E-state index contributed by atoms with van der Waals surface area (Å²) in [6, 6.07) is 14.5. The number of carbonyl (C=O) groups excluding carboxylic acids is 1. The van der Waals surface area contributed by atoms with E-state index in [0.717, 1.165) is 0 Å². The molecule has 6 nitrogen and oxygen atoms in total. The number of hydrogen-bond acceptors (Lipinski definition) is 5. The summed E-state index contributed by atoms with van der Waals surface area (Å²) in [5.74, 6) is 0.0688. The Labute approximate surface area is 121 Å². The zero-order valence-corrected chi connectivity index (χ0v) is 11.1. The third-order valence-corrected chi connectivity index (χ3v) is 2.62. The van der Waals surface area contributed by atoms with E-state index in [1.54, 1.807) is 12.1 Å². The molecule has 0 spiro atoms. The number of carbonyl (C=O) groups is 1. The van der Waals surface area contributed by atoms with Crippen LogP contribution in [0.4, 0.5) is 5.69 Å². The fraction of sp³-hybridized carbons (Fsp3) is 0.133. The SMILES string of the molecule is O=C(OCCOc1ccccc1)c1cccc([N+](=O)[O-])c1. The number of para-hydroxylation sites is 1. The molecule has 0 aliphatic carbocycles. The minimum atomic E-state index is -0.615. The van der Waals surface area contributed by atoms with Gasteiger partial charge in [-0.05, 0) is 18.2 Å². The predicted molar refractivity (Wildman–Crippen MR) is 75.3 cm³/mol. The Balaban J connectivity index is 1.82. The molecule has 0 aliphatic rings. The molecule has 0 saturated heterocycles. The van der Waals surface area contributed by atoms with Gasteiger partial charge in [0, 0.05) is 12.1 Å². The van der Waals surface area contributed by atoms with Crippen LogP contribution in [0, 0.1) is 10.1 Å². The molecular weight excluding hydrogens is 274 g/mol. The van der Waals surface area contributed by atoms with E-state index >= 15 is 0 Å². The van der Waals surface area contributed by atoms with Gasteiger partial charge in [0.25, 0.3) is 5.69 Å². The summed E-state index contributed by atoms with van der Waals surface area (Å²) in [4.78, 5) is 21.8. The molecule has 0 atom stereocenters. The number of hydrogen-bond donors (Lipinski definition) is 0. The molecule has 0 saturated carbocycles. The topological polar surface area (TPSA) is 78.7 Å². The minimum Gasteiger partial charge on any atom is -0.490 e. The Morgan fingerprint density at radius 3 is 2.52 bits per heavy atom. The molecule has 2 aromatic rings. The van der Waals surface area contributed by atoms with Crippen LogP contribution in [-0.4, -0.2) is 24.1 Å². The van der Waals surface area contributed by atoms with Crippen LogP contribution in [0.1, 0.15) is 10.4 Å². The molecule has 2 rings (SSSR count). The number of nitro benzene ring substituents is 1. The van der Waals surface area contributed by atoms with Gasteiger partial charge in [-0.25, -0.2) is 4.79 Å². The van der Waals surface area contributed by atoms with Crippen molar-refractivity contribution in [1.82, 2.24) is 0 Å². The summed E-state index contributed by atoms with van der Waals surface area (Å²) in [6.07, 6.45) is 0. The number of benzene rings is 2. The molecule has 2 aromatic carbocycles. The van der Waals surface area contributed by atoms with Crippen molar-refractivity contribution >= 4 is 11.7 Å². The van der Waals surface area contributed by atoms with E-state index in [1.807, 2.05) is 18.2 Å². The number of non-ortho nitro benzene ring substituents is 1. The van der Waals surface area contributed by atoms with Gasteiger partial charge in [0.15, 0.2) is 0 Å². The van der Waals surface area contributed by atoms with Crippen LogP contribution in [0.3, 0.4) is 0 Å². The van der Waals surface area contributed by atoms with Gasteiger partial charge in [-0.15, -0.1) is 0 Å². The number of nitro groups is 1. The third-order valence-electron chi connectivity index (χ3n) is 2.62. The van der Waals surface area contributed by atoms with E-state index in [4.69, 9.17) is 9.47 Å². The van der Waals surface area contributed by atoms with E-state index in [0.29, 0.717) is 5.75 Å². The molecular formula is C15H13NO5. The Morgan fingerprint density at radius 2 is 1.81 bits per heavy atom. The van der Waals surface area contributed by atoms with Crippen molar-refractivity contribution in [2.75, 3.05) is 13.2 Å². The molecule has 0 aliphatic heterocycles. The quantitative estimate of drug-likeness (QED) is 0.353. The second-order valence-electron chi connectivity index (χ2n) is 4.10. The van der Waals surface area contributed by atoms with Crippen molar-refractivity contribution in [1.29, 1.82) is 0 Å². The molecule has 0 aromatic heterocycles. The Kier molecular flexibility index (Phi) is 4.87. The summed E-state index contributed by atoms with van der Waals surface area (Å²) >= 11 is 0. The smallest absolute Gasteiger partial charge is 0.338 e. The van der Waals surface area contributed by atoms with E-state index in [9.17, 15) is 14.9 Å². The zero-order chi connectivity index (χ0) is 15.1. The van der Waals surface area contributed by atoms with Crippen LogP contribution in [0.5, 0.6) is 5.75 Å². The van der Waals surface area contributed by atoms with E-state index in [1.165, 1.54) is 24.3 Å². The molecule has 21 heavy (non-hydrogen) atoms. The average Bonchev–Trinajstić information content (AvgIpc) is 2.52. The van der Waals surface area contributed by atoms with Crippen molar-refractivity contribution in [2.45, 2.75) is 0 Å². The third kappa shape index (κ3) is 4.31. The average molecular weight is 287 g/mol. The van der Waals surface area contributed by atoms with Gasteiger partial charge >= 0.3 is 5.97 Å². The van der Waals surface area contributed by atoms with Crippen LogP contribution in [0.25, 0.3) is 0 Å². The maximum absolute atomic E-state index is 11.7. The maximum Gasteiger partial charge on any atom is 0.338 e. The summed E-state index contributed by atoms with van der Waals surface area (Å²) < 4.78 is 10.4. The van der Waals surface area contributed by atoms with Crippen molar-refractivity contribution in [2.24, 2.45) is 0 Å². The van der Waals surface area contributed by atoms with Crippen molar-refractivity contribution < 1.29 is 19.2 Å². The Hall–Kier alpha value is -2.89. The highest BCUT2D eigenvalue weighted by molar-refractivity contribution is 5.90. The summed E-state index contributed by atoms with van der Waals surface area (Å²) in [5.41, 5.74) is -0.00565. The van der Waals surface area contributed by atoms with Crippen LogP contribution >= 0.6 is 0 Å². The molecule has 108 valence electrons. The monoisotopic (exact) mass is 287 g/mol. The first-order chi connectivity index (χ1) is 10.2. The highest BCUT2D eigenvalue weighted by Crippen LogP contribution is 2.14. The lowest BCUT2D eigenvalue weighted by Crippen LogP contribution is -2.12. The highest BCUT2D eigenvalue weighted by Gasteiger charge is 2.12. The Bertz CT molecular complexity index is 627. The zero-order valence-electron chi connectivity index (χ0n) is 11.1. The normalized spacial score (nSPS) is 9.90. The van der Waals surface area contributed by atoms with Gasteiger partial charge < -0.3 is 9.47 Å². The summed E-state index contributed by atoms with van der Waals surface area (Å²) in [7, 11) is 0. The van der Waals surface area contributed by atoms with Gasteiger partial charge in [-0.1, -0.05) is 24.3 Å². The van der Waals surface area contributed by atoms with Crippen molar-refractivity contribution in [3.8, 4) is 5.75 Å². The molecule has 0 fully saturated rings. The first kappa shape index (κ1) is 14.5. The lowest BCUT2D eigenvalue weighted by molar-refractivity contribution is -0.384. The van der Waals surface area contributed by atoms with Crippen LogP contribution in [-0.2, 0) is 4.74 Å². The first-order valence-corrected chi connectivity index (χ1v) is 6.26. The number of rotatable bonds is 6. The fourth-order valence-corrected chi connectivity index (χ4v) is 1.64. The molecule has 0 amide bonds. The second-order valence-corrected chi connectivity index (χ2v) is 4.10. The van der Waals surface area contributed by atoms with Crippen molar-refractivity contribution in [3.05, 3.63) is 70.3 Å². The van der Waals surface area contributed by atoms with Crippen LogP contribution < -0.4 is 4.74 Å². The second kappa shape index (κ2) is 7.04. The predicted octanol–water partition coefficient (Wildman–Crippen LogP) is 2.83. The van der Waals surface area contributed by atoms with Gasteiger partial charge in [-0.2, -0.15) is 0 Å². The largest absolute Gasteiger partial charge is 0.490 e. The van der Waals surface area contributed by atoms with Crippen molar-refractivity contribution in [3.63, 3.8) is 0 Å². The van der Waals surface area contributed by atoms with Gasteiger partial charge in [0.2, 0.25) is 0 Å². The van der Waals surface area contributed by atoms with Crippen LogP contribution in [0.2, 0.25) is 0 Å². The van der Waals surface area contributed by atoms with Crippen LogP contribution in [0.15, 0.2) is 54.6 Å². The summed E-state index contributed by atoms with van der Waals surface area (Å²) in [6.45, 7) is 0.279. The number of ether oxygens (including phenoxy) is 2. The molecule has 0 bridgehead atoms. The van der Waals surface area contributed by atoms with E-state index in [-0.39, 0.29) is 24.5 Å². The number of nitrogens with zero attached hydrogens (tertiary/aromatic N) is 1. The fourth-order valence-electron chi connectivity index (χ4n) is 1.64. The highest BCUT2D eigenvalue weighted by atomic mass is 16.6. The van der Waals surface area contributed by atoms with Gasteiger partial charge in [-0.3, -0.25) is 10.1 Å². The Morgan fingerprint density at radius 1 is 1.05 bits per heavy atom. The standard InChI is InChI=1S/C15H13NO5/c17-15(12-5-4-6-13(11-12)16(18)19)21-10-9-20-14-7-2-1-3-8-14/h1-8,11H,9-10H2. The lowest BCUT2D eigenvalue weighted by Gasteiger charge is -2.07. The van der Waals surface area contributed by atoms with E-state index < -0.39 is 10.9 Å². The molecule has 0 heterocycles. The first-order valence-electron chi connectivity index (χ1n) is 6.26. The molecule has 0 N–H and O–H groups in total. The maximum atomic E-state index is 11.7.